The fourth-order valence-corrected chi connectivity index (χ4v) is 3.36. The van der Waals surface area contributed by atoms with Crippen LogP contribution in [0.1, 0.15) is 35.3 Å². The Morgan fingerprint density at radius 2 is 1.69 bits per heavy atom. The fraction of sp³-hybridized carbons (Fsp3) is 0.231. The Bertz CT molecular complexity index is 1390. The van der Waals surface area contributed by atoms with Crippen molar-refractivity contribution in [3.63, 3.8) is 0 Å². The van der Waals surface area contributed by atoms with E-state index in [4.69, 9.17) is 14.2 Å². The van der Waals surface area contributed by atoms with Gasteiger partial charge in [-0.25, -0.2) is 19.0 Å². The summed E-state index contributed by atoms with van der Waals surface area (Å²) in [6.07, 6.45) is -4.19. The molecule has 0 spiro atoms. The van der Waals surface area contributed by atoms with Gasteiger partial charge in [0.05, 0.1) is 12.7 Å². The van der Waals surface area contributed by atoms with Gasteiger partial charge in [0, 0.05) is 33.9 Å². The smallest absolute Gasteiger partial charge is 0.491 e. The van der Waals surface area contributed by atoms with Crippen LogP contribution in [0.3, 0.4) is 0 Å². The number of hydrogen-bond donors (Lipinski definition) is 0. The second kappa shape index (κ2) is 11.8. The van der Waals surface area contributed by atoms with Crippen molar-refractivity contribution < 1.29 is 50.9 Å². The highest BCUT2D eigenvalue weighted by Gasteiger charge is 2.45. The molecule has 0 amide bonds. The molecule has 0 unspecified atom stereocenters. The van der Waals surface area contributed by atoms with Crippen LogP contribution in [0, 0.1) is 5.82 Å². The van der Waals surface area contributed by atoms with Crippen LogP contribution in [0.15, 0.2) is 59.2 Å². The molecule has 3 rings (SSSR count). The first-order valence-electron chi connectivity index (χ1n) is 11.0. The van der Waals surface area contributed by atoms with Crippen molar-refractivity contribution in [3.05, 3.63) is 81.7 Å². The number of aromatic nitrogens is 1. The molecule has 206 valence electrons. The van der Waals surface area contributed by atoms with Crippen molar-refractivity contribution in [2.24, 2.45) is 0 Å². The highest BCUT2D eigenvalue weighted by Crippen LogP contribution is 2.31. The molecule has 8 nitrogen and oxygen atoms in total. The summed E-state index contributed by atoms with van der Waals surface area (Å²) in [6.45, 7) is 2.02. The predicted molar refractivity (Wildman–Crippen MR) is 131 cm³/mol. The molecule has 1 heterocycles. The Balaban J connectivity index is 1.80. The number of esters is 2. The van der Waals surface area contributed by atoms with Crippen LogP contribution in [-0.2, 0) is 20.9 Å². The number of hydrogen-bond acceptors (Lipinski definition) is 8. The molecule has 0 saturated carbocycles. The molecule has 0 aliphatic carbocycles. The first-order chi connectivity index (χ1) is 18.2. The van der Waals surface area contributed by atoms with E-state index in [0.29, 0.717) is 10.0 Å². The zero-order valence-electron chi connectivity index (χ0n) is 20.6. The van der Waals surface area contributed by atoms with Crippen LogP contribution in [0.4, 0.5) is 17.6 Å². The van der Waals surface area contributed by atoms with E-state index in [-0.39, 0.29) is 35.1 Å². The summed E-state index contributed by atoms with van der Waals surface area (Å²) in [5.41, 5.74) is -1.84. The van der Waals surface area contributed by atoms with Crippen LogP contribution >= 0.6 is 15.9 Å². The molecule has 0 aliphatic heterocycles. The average molecular weight is 614 g/mol. The average Bonchev–Trinajstić information content (AvgIpc) is 2.87. The Hall–Kier alpha value is -4.00. The van der Waals surface area contributed by atoms with Gasteiger partial charge < -0.3 is 18.9 Å². The van der Waals surface area contributed by atoms with Crippen LogP contribution in [0.5, 0.6) is 17.4 Å². The molecule has 0 fully saturated rings. The van der Waals surface area contributed by atoms with Crippen molar-refractivity contribution in [1.82, 2.24) is 4.98 Å². The Morgan fingerprint density at radius 1 is 0.974 bits per heavy atom. The van der Waals surface area contributed by atoms with Crippen LogP contribution in [0.25, 0.3) is 0 Å². The van der Waals surface area contributed by atoms with E-state index in [1.54, 1.807) is 12.1 Å². The van der Waals surface area contributed by atoms with Crippen molar-refractivity contribution >= 4 is 33.7 Å². The van der Waals surface area contributed by atoms with Crippen molar-refractivity contribution in [2.75, 3.05) is 7.11 Å². The summed E-state index contributed by atoms with van der Waals surface area (Å²) in [7, 11) is 1.32. The number of ketones is 1. The molecule has 0 bridgehead atoms. The van der Waals surface area contributed by atoms with E-state index in [1.165, 1.54) is 49.7 Å². The van der Waals surface area contributed by atoms with Gasteiger partial charge in [-0.1, -0.05) is 22.0 Å². The second-order valence-corrected chi connectivity index (χ2v) is 9.30. The molecule has 0 radical (unpaired) electrons. The first kappa shape index (κ1) is 29.6. The number of ether oxygens (including phenoxy) is 4. The van der Waals surface area contributed by atoms with Crippen LogP contribution < -0.4 is 14.2 Å². The van der Waals surface area contributed by atoms with Crippen LogP contribution in [0.2, 0.25) is 0 Å². The zero-order chi connectivity index (χ0) is 29.0. The minimum atomic E-state index is -5.39. The van der Waals surface area contributed by atoms with E-state index in [1.807, 2.05) is 0 Å². The Kier molecular flexibility index (Phi) is 8.95. The van der Waals surface area contributed by atoms with Crippen molar-refractivity contribution in [3.8, 4) is 17.4 Å². The lowest BCUT2D eigenvalue weighted by atomic mass is 10.0. The molecule has 1 aromatic heterocycles. The van der Waals surface area contributed by atoms with E-state index < -0.39 is 35.3 Å². The third-order valence-electron chi connectivity index (χ3n) is 5.10. The van der Waals surface area contributed by atoms with Gasteiger partial charge in [0.15, 0.2) is 5.78 Å². The highest BCUT2D eigenvalue weighted by atomic mass is 79.9. The Labute approximate surface area is 228 Å². The van der Waals surface area contributed by atoms with E-state index in [0.717, 1.165) is 13.8 Å². The number of carbonyl (C=O) groups excluding carboxylic acids is 3. The summed E-state index contributed by atoms with van der Waals surface area (Å²) in [5, 5.41) is 0. The number of alkyl halides is 3. The SMILES string of the molecule is COc1ccc(C(=O)c2ccc(OCc3ccc(Br)cc3F)nc2)c(OC(C)(C)C(=O)OC(=O)C(F)(F)F)c1. The van der Waals surface area contributed by atoms with Gasteiger partial charge in [-0.05, 0) is 44.2 Å². The number of rotatable bonds is 9. The molecule has 0 N–H and O–H groups in total. The standard InChI is InChI=1S/C26H20BrF4NO7/c1-25(2,23(34)38-24(35)26(29,30)31)39-20-11-17(36-3)7-8-18(20)22(33)14-5-9-21(32-12-14)37-13-15-4-6-16(27)10-19(15)28/h4-12H,13H2,1-3H3. The maximum absolute atomic E-state index is 14.0. The largest absolute Gasteiger partial charge is 0.497 e. The van der Waals surface area contributed by atoms with Gasteiger partial charge in [-0.3, -0.25) is 4.79 Å². The third-order valence-corrected chi connectivity index (χ3v) is 5.59. The summed E-state index contributed by atoms with van der Waals surface area (Å²) >= 11 is 3.17. The number of nitrogens with zero attached hydrogens (tertiary/aromatic N) is 1. The fourth-order valence-electron chi connectivity index (χ4n) is 3.03. The number of pyridine rings is 1. The lowest BCUT2D eigenvalue weighted by Gasteiger charge is -2.25. The molecule has 39 heavy (non-hydrogen) atoms. The topological polar surface area (TPSA) is 101 Å². The van der Waals surface area contributed by atoms with Gasteiger partial charge in [0.2, 0.25) is 11.5 Å². The molecule has 0 atom stereocenters. The quantitative estimate of drug-likeness (QED) is 0.133. The summed E-state index contributed by atoms with van der Waals surface area (Å²) < 4.78 is 72.1. The van der Waals surface area contributed by atoms with E-state index in [9.17, 15) is 31.9 Å². The van der Waals surface area contributed by atoms with Gasteiger partial charge >= 0.3 is 18.1 Å². The summed E-state index contributed by atoms with van der Waals surface area (Å²) in [6, 6.07) is 11.2. The van der Waals surface area contributed by atoms with Crippen LogP contribution in [-0.4, -0.2) is 41.6 Å². The molecular weight excluding hydrogens is 594 g/mol. The summed E-state index contributed by atoms with van der Waals surface area (Å²) in [4.78, 5) is 40.6. The number of halogens is 5. The maximum Gasteiger partial charge on any atom is 0.491 e. The second-order valence-electron chi connectivity index (χ2n) is 8.39. The van der Waals surface area contributed by atoms with E-state index >= 15 is 0 Å². The minimum Gasteiger partial charge on any atom is -0.497 e. The predicted octanol–water partition coefficient (Wildman–Crippen LogP) is 5.59. The lowest BCUT2D eigenvalue weighted by Crippen LogP contribution is -2.43. The molecule has 0 aliphatic rings. The Morgan fingerprint density at radius 3 is 2.28 bits per heavy atom. The van der Waals surface area contributed by atoms with Gasteiger partial charge in [-0.15, -0.1) is 0 Å². The molecular formula is C26H20BrF4NO7. The normalized spacial score (nSPS) is 11.5. The molecule has 3 aromatic rings. The minimum absolute atomic E-state index is 0.0693. The number of benzene rings is 2. The first-order valence-corrected chi connectivity index (χ1v) is 11.8. The number of methoxy groups -OCH3 is 1. The lowest BCUT2D eigenvalue weighted by molar-refractivity contribution is -0.206. The third kappa shape index (κ3) is 7.53. The van der Waals surface area contributed by atoms with Crippen molar-refractivity contribution in [2.45, 2.75) is 32.2 Å². The van der Waals surface area contributed by atoms with Gasteiger partial charge in [0.1, 0.15) is 23.9 Å². The maximum atomic E-state index is 14.0. The molecule has 0 saturated heterocycles. The van der Waals surface area contributed by atoms with Gasteiger partial charge in [-0.2, -0.15) is 13.2 Å². The monoisotopic (exact) mass is 613 g/mol. The van der Waals surface area contributed by atoms with Crippen molar-refractivity contribution in [1.29, 1.82) is 0 Å². The molecule has 13 heteroatoms. The number of carbonyl (C=O) groups is 3. The molecule has 2 aromatic carbocycles. The van der Waals surface area contributed by atoms with Gasteiger partial charge in [0.25, 0.3) is 0 Å². The van der Waals surface area contributed by atoms with E-state index in [2.05, 4.69) is 25.7 Å². The zero-order valence-corrected chi connectivity index (χ0v) is 22.2. The summed E-state index contributed by atoms with van der Waals surface area (Å²) in [5.74, 6) is -5.35. The highest BCUT2D eigenvalue weighted by molar-refractivity contribution is 9.10.